The minimum Gasteiger partial charge on any atom is -0.378 e. The number of hydrogen-bond donors (Lipinski definition) is 2. The summed E-state index contributed by atoms with van der Waals surface area (Å²) < 4.78 is 0. The molecule has 2 heterocycles. The summed E-state index contributed by atoms with van der Waals surface area (Å²) in [5.74, 6) is 15.2. The van der Waals surface area contributed by atoms with Crippen LogP contribution in [0.25, 0.3) is 44.8 Å². The van der Waals surface area contributed by atoms with Crippen LogP contribution in [-0.4, -0.2) is 48.1 Å². The Kier molecular flexibility index (Phi) is 7.46. The number of benzene rings is 5. The Hall–Kier alpha value is -6.24. The van der Waals surface area contributed by atoms with Gasteiger partial charge in [-0.3, -0.25) is 0 Å². The number of aromatic nitrogens is 4. The van der Waals surface area contributed by atoms with E-state index in [1.807, 2.05) is 113 Å². The van der Waals surface area contributed by atoms with Gasteiger partial charge >= 0.3 is 0 Å². The second-order valence-electron chi connectivity index (χ2n) is 11.5. The summed E-state index contributed by atoms with van der Waals surface area (Å²) in [7, 11) is 8.12. The first-order valence-corrected chi connectivity index (χ1v) is 15.1. The number of fused-ring (bicyclic) bond motifs is 2. The molecule has 222 valence electrons. The van der Waals surface area contributed by atoms with Crippen LogP contribution in [0.4, 0.5) is 11.4 Å². The van der Waals surface area contributed by atoms with Crippen molar-refractivity contribution in [2.24, 2.45) is 0 Å². The van der Waals surface area contributed by atoms with Crippen molar-refractivity contribution >= 4 is 33.4 Å². The van der Waals surface area contributed by atoms with Gasteiger partial charge in [0.15, 0.2) is 0 Å². The maximum atomic E-state index is 5.12. The molecule has 0 aliphatic carbocycles. The molecule has 0 saturated heterocycles. The summed E-state index contributed by atoms with van der Waals surface area (Å²) in [5.41, 5.74) is 10.7. The highest BCUT2D eigenvalue weighted by Crippen LogP contribution is 2.34. The maximum absolute atomic E-state index is 5.12. The largest absolute Gasteiger partial charge is 0.378 e. The third-order valence-corrected chi connectivity index (χ3v) is 7.91. The van der Waals surface area contributed by atoms with Gasteiger partial charge in [0.05, 0.1) is 22.2 Å². The van der Waals surface area contributed by atoms with Crippen LogP contribution in [0.5, 0.6) is 0 Å². The lowest BCUT2D eigenvalue weighted by Crippen LogP contribution is -2.07. The molecule has 2 aromatic heterocycles. The van der Waals surface area contributed by atoms with Crippen molar-refractivity contribution in [3.8, 4) is 46.5 Å². The van der Waals surface area contributed by atoms with Gasteiger partial charge in [-0.05, 0) is 48.5 Å². The van der Waals surface area contributed by atoms with Gasteiger partial charge in [-0.25, -0.2) is 9.97 Å². The predicted molar refractivity (Wildman–Crippen MR) is 190 cm³/mol. The Morgan fingerprint density at radius 2 is 0.848 bits per heavy atom. The average Bonchev–Trinajstić information content (AvgIpc) is 3.73. The molecular weight excluding hydrogens is 564 g/mol. The number of imidazole rings is 2. The van der Waals surface area contributed by atoms with E-state index in [0.29, 0.717) is 0 Å². The van der Waals surface area contributed by atoms with Crippen LogP contribution >= 0.6 is 0 Å². The molecular formula is C40H32N6. The molecule has 0 aliphatic rings. The molecule has 2 N–H and O–H groups in total. The molecule has 0 amide bonds. The number of rotatable bonds is 4. The van der Waals surface area contributed by atoms with E-state index in [-0.39, 0.29) is 0 Å². The number of H-pyrrole nitrogens is 2. The van der Waals surface area contributed by atoms with E-state index in [0.717, 1.165) is 78.5 Å². The summed E-state index contributed by atoms with van der Waals surface area (Å²) in [4.78, 5) is 21.6. The molecule has 0 spiro atoms. The molecule has 6 nitrogen and oxygen atoms in total. The van der Waals surface area contributed by atoms with Crippen molar-refractivity contribution in [3.05, 3.63) is 131 Å². The van der Waals surface area contributed by atoms with Crippen molar-refractivity contribution < 1.29 is 0 Å². The van der Waals surface area contributed by atoms with E-state index in [4.69, 9.17) is 9.97 Å². The normalized spacial score (nSPS) is 10.7. The van der Waals surface area contributed by atoms with Crippen molar-refractivity contribution in [2.75, 3.05) is 38.0 Å². The number of hydrogen-bond acceptors (Lipinski definition) is 4. The standard InChI is InChI=1S/C40H32N6/c1-45(2)31-21-15-27(16-22-31)19-25-33-35-37(43-39(41-35)29-11-7-5-8-12-29)34(26-20-28-17-23-32(24-18-28)46(3)4)38-36(33)42-40(44-38)30-13-9-6-10-14-30/h5-18,21-24H,1-4H3,(H,41,43)(H,42,44). The number of aromatic amines is 2. The summed E-state index contributed by atoms with van der Waals surface area (Å²) >= 11 is 0. The zero-order valence-electron chi connectivity index (χ0n) is 26.2. The summed E-state index contributed by atoms with van der Waals surface area (Å²) in [6, 6.07) is 36.7. The van der Waals surface area contributed by atoms with E-state index >= 15 is 0 Å². The van der Waals surface area contributed by atoms with Gasteiger partial charge in [0.2, 0.25) is 0 Å². The first-order chi connectivity index (χ1) is 22.4. The SMILES string of the molecule is CN(C)c1ccc(C#Cc2c3nc(-c4ccccc4)[nH]c3c(C#Cc3ccc(N(C)C)cc3)c3[nH]c(-c4ccccc4)nc23)cc1. The lowest BCUT2D eigenvalue weighted by Gasteiger charge is -2.11. The van der Waals surface area contributed by atoms with Gasteiger partial charge < -0.3 is 19.8 Å². The molecule has 0 unspecified atom stereocenters. The van der Waals surface area contributed by atoms with E-state index in [2.05, 4.69) is 67.7 Å². The predicted octanol–water partition coefficient (Wildman–Crippen LogP) is 7.70. The average molecular weight is 597 g/mol. The summed E-state index contributed by atoms with van der Waals surface area (Å²) in [6.07, 6.45) is 0. The first-order valence-electron chi connectivity index (χ1n) is 15.1. The van der Waals surface area contributed by atoms with E-state index < -0.39 is 0 Å². The summed E-state index contributed by atoms with van der Waals surface area (Å²) in [5, 5.41) is 0. The molecule has 7 aromatic rings. The quantitative estimate of drug-likeness (QED) is 0.204. The highest BCUT2D eigenvalue weighted by Gasteiger charge is 2.21. The van der Waals surface area contributed by atoms with Crippen LogP contribution in [0, 0.1) is 23.7 Å². The van der Waals surface area contributed by atoms with Gasteiger partial charge in [0.1, 0.15) is 22.7 Å². The Labute approximate surface area is 268 Å². The lowest BCUT2D eigenvalue weighted by molar-refractivity contribution is 1.13. The lowest BCUT2D eigenvalue weighted by atomic mass is 10.0. The Morgan fingerprint density at radius 3 is 1.24 bits per heavy atom. The van der Waals surface area contributed by atoms with Crippen LogP contribution in [-0.2, 0) is 0 Å². The minimum atomic E-state index is 0.738. The zero-order valence-corrected chi connectivity index (χ0v) is 26.2. The van der Waals surface area contributed by atoms with Crippen molar-refractivity contribution in [1.82, 2.24) is 19.9 Å². The second-order valence-corrected chi connectivity index (χ2v) is 11.5. The Morgan fingerprint density at radius 1 is 0.457 bits per heavy atom. The topological polar surface area (TPSA) is 63.8 Å². The fraction of sp³-hybridized carbons (Fsp3) is 0.100. The van der Waals surface area contributed by atoms with E-state index in [1.54, 1.807) is 0 Å². The highest BCUT2D eigenvalue weighted by atomic mass is 15.1. The van der Waals surface area contributed by atoms with Crippen LogP contribution in [0.3, 0.4) is 0 Å². The smallest absolute Gasteiger partial charge is 0.138 e. The molecule has 6 heteroatoms. The van der Waals surface area contributed by atoms with Crippen molar-refractivity contribution in [3.63, 3.8) is 0 Å². The van der Waals surface area contributed by atoms with Gasteiger partial charge in [0.25, 0.3) is 0 Å². The molecule has 46 heavy (non-hydrogen) atoms. The van der Waals surface area contributed by atoms with Gasteiger partial charge in [-0.2, -0.15) is 0 Å². The molecule has 7 rings (SSSR count). The van der Waals surface area contributed by atoms with Crippen LogP contribution in [0.15, 0.2) is 109 Å². The van der Waals surface area contributed by atoms with Crippen LogP contribution < -0.4 is 9.80 Å². The number of nitrogens with zero attached hydrogens (tertiary/aromatic N) is 4. The van der Waals surface area contributed by atoms with Crippen molar-refractivity contribution in [2.45, 2.75) is 0 Å². The van der Waals surface area contributed by atoms with Crippen LogP contribution in [0.1, 0.15) is 22.3 Å². The highest BCUT2D eigenvalue weighted by molar-refractivity contribution is 6.06. The molecule has 0 atom stereocenters. The fourth-order valence-electron chi connectivity index (χ4n) is 5.37. The van der Waals surface area contributed by atoms with Crippen LogP contribution in [0.2, 0.25) is 0 Å². The molecule has 0 saturated carbocycles. The second kappa shape index (κ2) is 12.0. The Balaban J connectivity index is 1.48. The maximum Gasteiger partial charge on any atom is 0.138 e. The molecule has 0 bridgehead atoms. The van der Waals surface area contributed by atoms with E-state index in [9.17, 15) is 0 Å². The van der Waals surface area contributed by atoms with Gasteiger partial charge in [-0.1, -0.05) is 84.3 Å². The first kappa shape index (κ1) is 28.5. The summed E-state index contributed by atoms with van der Waals surface area (Å²) in [6.45, 7) is 0. The molecule has 5 aromatic carbocycles. The molecule has 0 radical (unpaired) electrons. The van der Waals surface area contributed by atoms with Gasteiger partial charge in [-0.15, -0.1) is 0 Å². The zero-order chi connectivity index (χ0) is 31.6. The molecule has 0 aliphatic heterocycles. The third kappa shape index (κ3) is 5.56. The van der Waals surface area contributed by atoms with E-state index in [1.165, 1.54) is 0 Å². The van der Waals surface area contributed by atoms with Crippen molar-refractivity contribution in [1.29, 1.82) is 0 Å². The molecule has 0 fully saturated rings. The number of anilines is 2. The number of nitrogens with one attached hydrogen (secondary N) is 2. The third-order valence-electron chi connectivity index (χ3n) is 7.91. The van der Waals surface area contributed by atoms with Gasteiger partial charge in [0, 0.05) is 61.8 Å². The fourth-order valence-corrected chi connectivity index (χ4v) is 5.37. The monoisotopic (exact) mass is 596 g/mol. The minimum absolute atomic E-state index is 0.738. The Bertz CT molecular complexity index is 2070.